The van der Waals surface area contributed by atoms with Gasteiger partial charge < -0.3 is 24.7 Å². The van der Waals surface area contributed by atoms with E-state index in [4.69, 9.17) is 36.3 Å². The molecule has 0 rings (SSSR count). The van der Waals surface area contributed by atoms with Crippen LogP contribution >= 0.6 is 11.6 Å². The number of ether oxygens (including phenoxy) is 4. The van der Waals surface area contributed by atoms with Crippen LogP contribution < -0.4 is 5.73 Å². The van der Waals surface area contributed by atoms with Crippen molar-refractivity contribution < 1.29 is 18.9 Å². The molecule has 0 aliphatic heterocycles. The van der Waals surface area contributed by atoms with E-state index in [0.717, 1.165) is 25.3 Å². The maximum Gasteiger partial charge on any atom is 0.0701 e. The maximum atomic E-state index is 5.60. The molecule has 20 heavy (non-hydrogen) atoms. The fourth-order valence-electron chi connectivity index (χ4n) is 1.50. The minimum Gasteiger partial charge on any atom is -0.379 e. The Morgan fingerprint density at radius 1 is 0.550 bits per heavy atom. The van der Waals surface area contributed by atoms with Crippen molar-refractivity contribution in [2.75, 3.05) is 65.3 Å². The van der Waals surface area contributed by atoms with Gasteiger partial charge in [0.15, 0.2) is 0 Å². The minimum absolute atomic E-state index is 0.551. The fraction of sp³-hybridized carbons (Fsp3) is 1.00. The number of rotatable bonds is 17. The molecule has 122 valence electrons. The van der Waals surface area contributed by atoms with Crippen LogP contribution in [0.25, 0.3) is 0 Å². The Kier molecular flexibility index (Phi) is 19.2. The average Bonchev–Trinajstić information content (AvgIpc) is 2.47. The molecule has 0 aliphatic rings. The quantitative estimate of drug-likeness (QED) is 0.328. The SMILES string of the molecule is NCCOCCOCCOCCOCCCCCCCl. The Morgan fingerprint density at radius 3 is 1.50 bits per heavy atom. The molecule has 0 fully saturated rings. The minimum atomic E-state index is 0.551. The van der Waals surface area contributed by atoms with Gasteiger partial charge in [0.1, 0.15) is 0 Å². The highest BCUT2D eigenvalue weighted by molar-refractivity contribution is 6.17. The van der Waals surface area contributed by atoms with Gasteiger partial charge in [0.05, 0.1) is 46.2 Å². The number of hydrogen-bond donors (Lipinski definition) is 1. The van der Waals surface area contributed by atoms with Crippen LogP contribution in [0, 0.1) is 0 Å². The molecule has 6 heteroatoms. The molecule has 0 aromatic rings. The second-order valence-corrected chi connectivity index (χ2v) is 4.72. The summed E-state index contributed by atoms with van der Waals surface area (Å²) in [7, 11) is 0. The Hall–Kier alpha value is 0.0900. The summed E-state index contributed by atoms with van der Waals surface area (Å²) in [5.41, 5.74) is 5.29. The molecule has 5 nitrogen and oxygen atoms in total. The molecule has 0 aliphatic carbocycles. The monoisotopic (exact) mass is 311 g/mol. The van der Waals surface area contributed by atoms with E-state index in [2.05, 4.69) is 0 Å². The van der Waals surface area contributed by atoms with Gasteiger partial charge in [-0.15, -0.1) is 11.6 Å². The molecule has 0 aromatic carbocycles. The summed E-state index contributed by atoms with van der Waals surface area (Å²) < 4.78 is 21.3. The van der Waals surface area contributed by atoms with Gasteiger partial charge in [0.2, 0.25) is 0 Å². The Morgan fingerprint density at radius 2 is 1.00 bits per heavy atom. The highest BCUT2D eigenvalue weighted by Crippen LogP contribution is 2.00. The van der Waals surface area contributed by atoms with Gasteiger partial charge in [-0.3, -0.25) is 0 Å². The summed E-state index contributed by atoms with van der Waals surface area (Å²) in [5.74, 6) is 0.760. The molecule has 0 radical (unpaired) electrons. The first-order valence-corrected chi connectivity index (χ1v) is 8.02. The predicted octanol–water partition coefficient (Wildman–Crippen LogP) is 1.81. The molecule has 0 spiro atoms. The maximum absolute atomic E-state index is 5.60. The van der Waals surface area contributed by atoms with Gasteiger partial charge in [-0.2, -0.15) is 0 Å². The summed E-state index contributed by atoms with van der Waals surface area (Å²) in [6.45, 7) is 5.57. The van der Waals surface area contributed by atoms with Gasteiger partial charge in [-0.1, -0.05) is 12.8 Å². The highest BCUT2D eigenvalue weighted by atomic mass is 35.5. The van der Waals surface area contributed by atoms with E-state index in [1.54, 1.807) is 0 Å². The van der Waals surface area contributed by atoms with Crippen LogP contribution in [0.2, 0.25) is 0 Å². The van der Waals surface area contributed by atoms with Crippen molar-refractivity contribution in [2.24, 2.45) is 5.73 Å². The van der Waals surface area contributed by atoms with E-state index >= 15 is 0 Å². The second-order valence-electron chi connectivity index (χ2n) is 4.34. The number of nitrogens with two attached hydrogens (primary N) is 1. The van der Waals surface area contributed by atoms with Gasteiger partial charge in [0.25, 0.3) is 0 Å². The lowest BCUT2D eigenvalue weighted by molar-refractivity contribution is -0.00134. The lowest BCUT2D eigenvalue weighted by atomic mass is 10.2. The van der Waals surface area contributed by atoms with Crippen molar-refractivity contribution in [2.45, 2.75) is 25.7 Å². The van der Waals surface area contributed by atoms with Crippen LogP contribution in [0.3, 0.4) is 0 Å². The highest BCUT2D eigenvalue weighted by Gasteiger charge is 1.93. The largest absolute Gasteiger partial charge is 0.379 e. The second kappa shape index (κ2) is 19.1. The van der Waals surface area contributed by atoms with Gasteiger partial charge in [0, 0.05) is 19.0 Å². The van der Waals surface area contributed by atoms with Gasteiger partial charge in [-0.05, 0) is 12.8 Å². The summed E-state index contributed by atoms with van der Waals surface area (Å²) in [4.78, 5) is 0. The molecule has 0 saturated carbocycles. The first-order chi connectivity index (χ1) is 9.91. The van der Waals surface area contributed by atoms with Crippen molar-refractivity contribution >= 4 is 11.6 Å². The van der Waals surface area contributed by atoms with Crippen LogP contribution in [0.5, 0.6) is 0 Å². The Bertz CT molecular complexity index is 157. The van der Waals surface area contributed by atoms with E-state index in [1.807, 2.05) is 0 Å². The van der Waals surface area contributed by atoms with Crippen molar-refractivity contribution in [3.8, 4) is 0 Å². The van der Waals surface area contributed by atoms with E-state index in [0.29, 0.717) is 52.8 Å². The Balaban J connectivity index is 2.89. The van der Waals surface area contributed by atoms with Gasteiger partial charge >= 0.3 is 0 Å². The molecule has 0 unspecified atom stereocenters. The first-order valence-electron chi connectivity index (χ1n) is 7.48. The molecule has 0 amide bonds. The normalized spacial score (nSPS) is 11.1. The number of hydrogen-bond acceptors (Lipinski definition) is 5. The first kappa shape index (κ1) is 20.1. The zero-order chi connectivity index (χ0) is 14.7. The van der Waals surface area contributed by atoms with Crippen molar-refractivity contribution in [1.29, 1.82) is 0 Å². The lowest BCUT2D eigenvalue weighted by Gasteiger charge is -2.07. The molecular formula is C14H30ClNO4. The molecule has 0 heterocycles. The zero-order valence-corrected chi connectivity index (χ0v) is 13.2. The van der Waals surface area contributed by atoms with Gasteiger partial charge in [-0.25, -0.2) is 0 Å². The fourth-order valence-corrected chi connectivity index (χ4v) is 1.69. The van der Waals surface area contributed by atoms with E-state index in [-0.39, 0.29) is 0 Å². The van der Waals surface area contributed by atoms with E-state index in [9.17, 15) is 0 Å². The molecule has 0 bridgehead atoms. The van der Waals surface area contributed by atoms with Crippen LogP contribution in [0.4, 0.5) is 0 Å². The summed E-state index contributed by atoms with van der Waals surface area (Å²) in [5, 5.41) is 0. The van der Waals surface area contributed by atoms with Crippen LogP contribution in [-0.4, -0.2) is 65.3 Å². The van der Waals surface area contributed by atoms with E-state index in [1.165, 1.54) is 12.8 Å². The molecule has 2 N–H and O–H groups in total. The van der Waals surface area contributed by atoms with Crippen molar-refractivity contribution in [3.05, 3.63) is 0 Å². The zero-order valence-electron chi connectivity index (χ0n) is 12.5. The molecular weight excluding hydrogens is 282 g/mol. The van der Waals surface area contributed by atoms with Crippen LogP contribution in [0.15, 0.2) is 0 Å². The number of unbranched alkanes of at least 4 members (excludes halogenated alkanes) is 3. The third kappa shape index (κ3) is 18.1. The average molecular weight is 312 g/mol. The van der Waals surface area contributed by atoms with Crippen LogP contribution in [-0.2, 0) is 18.9 Å². The summed E-state index contributed by atoms with van der Waals surface area (Å²) in [6, 6.07) is 0. The Labute approximate surface area is 128 Å². The third-order valence-electron chi connectivity index (χ3n) is 2.55. The lowest BCUT2D eigenvalue weighted by Crippen LogP contribution is -2.14. The topological polar surface area (TPSA) is 62.9 Å². The van der Waals surface area contributed by atoms with Crippen LogP contribution in [0.1, 0.15) is 25.7 Å². The molecule has 0 saturated heterocycles. The standard InChI is InChI=1S/C14H30ClNO4/c15-5-3-1-2-4-7-17-9-11-19-13-14-20-12-10-18-8-6-16/h1-14,16H2. The van der Waals surface area contributed by atoms with Crippen molar-refractivity contribution in [3.63, 3.8) is 0 Å². The smallest absolute Gasteiger partial charge is 0.0701 e. The van der Waals surface area contributed by atoms with E-state index < -0.39 is 0 Å². The molecule has 0 aromatic heterocycles. The molecule has 0 atom stereocenters. The predicted molar refractivity (Wildman–Crippen MR) is 81.5 cm³/mol. The summed E-state index contributed by atoms with van der Waals surface area (Å²) >= 11 is 5.60. The van der Waals surface area contributed by atoms with Crippen molar-refractivity contribution in [1.82, 2.24) is 0 Å². The number of halogens is 1. The number of alkyl halides is 1. The summed E-state index contributed by atoms with van der Waals surface area (Å²) in [6.07, 6.45) is 4.58. The third-order valence-corrected chi connectivity index (χ3v) is 2.82.